The van der Waals surface area contributed by atoms with E-state index in [1.54, 1.807) is 0 Å². The molecule has 2 rings (SSSR count). The van der Waals surface area contributed by atoms with Gasteiger partial charge in [-0.25, -0.2) is 9.67 Å². The third-order valence-electron chi connectivity index (χ3n) is 1.99. The van der Waals surface area contributed by atoms with Gasteiger partial charge in [-0.15, -0.1) is 11.6 Å². The number of rotatable bonds is 3. The van der Waals surface area contributed by atoms with E-state index in [-0.39, 0.29) is 0 Å². The number of hydrogen-bond donors (Lipinski definition) is 0. The van der Waals surface area contributed by atoms with Gasteiger partial charge < -0.3 is 0 Å². The third-order valence-corrected chi connectivity index (χ3v) is 2.23. The summed E-state index contributed by atoms with van der Waals surface area (Å²) in [5.74, 6) is 1.20. The SMILES string of the molecule is ClCc1ncnn1Cc1ccccc1. The fourth-order valence-electron chi connectivity index (χ4n) is 1.28. The van der Waals surface area contributed by atoms with Gasteiger partial charge in [-0.1, -0.05) is 30.3 Å². The van der Waals surface area contributed by atoms with E-state index in [9.17, 15) is 0 Å². The smallest absolute Gasteiger partial charge is 0.142 e. The summed E-state index contributed by atoms with van der Waals surface area (Å²) in [5.41, 5.74) is 1.20. The zero-order valence-electron chi connectivity index (χ0n) is 7.60. The molecule has 72 valence electrons. The molecule has 2 aromatic rings. The largest absolute Gasteiger partial charge is 0.244 e. The lowest BCUT2D eigenvalue weighted by atomic mass is 10.2. The number of halogens is 1. The highest BCUT2D eigenvalue weighted by molar-refractivity contribution is 6.16. The maximum Gasteiger partial charge on any atom is 0.142 e. The van der Waals surface area contributed by atoms with Gasteiger partial charge in [0, 0.05) is 0 Å². The van der Waals surface area contributed by atoms with Crippen molar-refractivity contribution >= 4 is 11.6 Å². The standard InChI is InChI=1S/C10H10ClN3/c11-6-10-12-8-13-14(10)7-9-4-2-1-3-5-9/h1-5,8H,6-7H2. The first-order valence-corrected chi connectivity index (χ1v) is 4.90. The zero-order valence-corrected chi connectivity index (χ0v) is 8.35. The highest BCUT2D eigenvalue weighted by Crippen LogP contribution is 2.04. The molecule has 0 amide bonds. The topological polar surface area (TPSA) is 30.7 Å². The molecule has 1 aromatic carbocycles. The van der Waals surface area contributed by atoms with E-state index in [1.165, 1.54) is 11.9 Å². The van der Waals surface area contributed by atoms with E-state index < -0.39 is 0 Å². The Morgan fingerprint density at radius 3 is 2.71 bits per heavy atom. The number of hydrogen-bond acceptors (Lipinski definition) is 2. The average Bonchev–Trinajstić information content (AvgIpc) is 2.67. The second-order valence-electron chi connectivity index (χ2n) is 2.95. The number of nitrogens with zero attached hydrogens (tertiary/aromatic N) is 3. The molecule has 0 atom stereocenters. The van der Waals surface area contributed by atoms with Crippen LogP contribution in [-0.4, -0.2) is 14.8 Å². The molecule has 0 aliphatic rings. The molecule has 3 nitrogen and oxygen atoms in total. The van der Waals surface area contributed by atoms with Crippen molar-refractivity contribution in [3.63, 3.8) is 0 Å². The average molecular weight is 208 g/mol. The molecule has 1 heterocycles. The Hall–Kier alpha value is -1.35. The summed E-state index contributed by atoms with van der Waals surface area (Å²) in [6.07, 6.45) is 1.53. The third kappa shape index (κ3) is 1.93. The van der Waals surface area contributed by atoms with Crippen LogP contribution in [0, 0.1) is 0 Å². The molecule has 0 aliphatic heterocycles. The molecule has 0 N–H and O–H groups in total. The Morgan fingerprint density at radius 1 is 1.21 bits per heavy atom. The molecule has 0 unspecified atom stereocenters. The van der Waals surface area contributed by atoms with Crippen LogP contribution in [0.2, 0.25) is 0 Å². The molecule has 0 fully saturated rings. The lowest BCUT2D eigenvalue weighted by Gasteiger charge is -2.03. The van der Waals surface area contributed by atoms with Crippen LogP contribution in [0.25, 0.3) is 0 Å². The van der Waals surface area contributed by atoms with Gasteiger partial charge in [0.15, 0.2) is 0 Å². The van der Waals surface area contributed by atoms with Gasteiger partial charge in [0.1, 0.15) is 12.2 Å². The van der Waals surface area contributed by atoms with Crippen molar-refractivity contribution in [1.82, 2.24) is 14.8 Å². The molecule has 0 saturated carbocycles. The summed E-state index contributed by atoms with van der Waals surface area (Å²) >= 11 is 5.72. The van der Waals surface area contributed by atoms with Crippen molar-refractivity contribution in [2.45, 2.75) is 12.4 Å². The van der Waals surface area contributed by atoms with Crippen molar-refractivity contribution in [3.05, 3.63) is 48.0 Å². The molecule has 0 aliphatic carbocycles. The van der Waals surface area contributed by atoms with E-state index >= 15 is 0 Å². The predicted octanol–water partition coefficient (Wildman–Crippen LogP) is 2.07. The molecule has 0 saturated heterocycles. The lowest BCUT2D eigenvalue weighted by Crippen LogP contribution is -2.05. The van der Waals surface area contributed by atoms with Gasteiger partial charge in [0.05, 0.1) is 12.4 Å². The van der Waals surface area contributed by atoms with Gasteiger partial charge in [-0.2, -0.15) is 5.10 Å². The Morgan fingerprint density at radius 2 is 2.00 bits per heavy atom. The van der Waals surface area contributed by atoms with Gasteiger partial charge in [0.2, 0.25) is 0 Å². The first-order valence-electron chi connectivity index (χ1n) is 4.36. The first-order chi connectivity index (χ1) is 6.90. The number of aromatic nitrogens is 3. The molecule has 4 heteroatoms. The molecule has 0 spiro atoms. The minimum atomic E-state index is 0.396. The first kappa shape index (κ1) is 9.21. The fourth-order valence-corrected chi connectivity index (χ4v) is 1.49. The van der Waals surface area contributed by atoms with Gasteiger partial charge in [0.25, 0.3) is 0 Å². The molecule has 14 heavy (non-hydrogen) atoms. The van der Waals surface area contributed by atoms with Crippen LogP contribution in [0.5, 0.6) is 0 Å². The second-order valence-corrected chi connectivity index (χ2v) is 3.22. The fraction of sp³-hybridized carbons (Fsp3) is 0.200. The summed E-state index contributed by atoms with van der Waals surface area (Å²) in [5, 5.41) is 4.10. The van der Waals surface area contributed by atoms with E-state index in [0.29, 0.717) is 5.88 Å². The van der Waals surface area contributed by atoms with E-state index in [0.717, 1.165) is 12.4 Å². The minimum Gasteiger partial charge on any atom is -0.244 e. The zero-order chi connectivity index (χ0) is 9.80. The van der Waals surface area contributed by atoms with Crippen molar-refractivity contribution < 1.29 is 0 Å². The van der Waals surface area contributed by atoms with Crippen molar-refractivity contribution in [3.8, 4) is 0 Å². The van der Waals surface area contributed by atoms with Crippen molar-refractivity contribution in [2.24, 2.45) is 0 Å². The molecule has 1 aromatic heterocycles. The summed E-state index contributed by atoms with van der Waals surface area (Å²) in [6.45, 7) is 0.725. The monoisotopic (exact) mass is 207 g/mol. The van der Waals surface area contributed by atoms with E-state index in [2.05, 4.69) is 22.2 Å². The Balaban J connectivity index is 2.19. The summed E-state index contributed by atoms with van der Waals surface area (Å²) in [7, 11) is 0. The minimum absolute atomic E-state index is 0.396. The highest BCUT2D eigenvalue weighted by Gasteiger charge is 2.02. The van der Waals surface area contributed by atoms with E-state index in [4.69, 9.17) is 11.6 Å². The normalized spacial score (nSPS) is 10.4. The van der Waals surface area contributed by atoms with Crippen LogP contribution < -0.4 is 0 Å². The van der Waals surface area contributed by atoms with Crippen molar-refractivity contribution in [1.29, 1.82) is 0 Å². The Labute approximate surface area is 87.3 Å². The van der Waals surface area contributed by atoms with Gasteiger partial charge >= 0.3 is 0 Å². The Kier molecular flexibility index (Phi) is 2.79. The Bertz CT molecular complexity index is 397. The van der Waals surface area contributed by atoms with Gasteiger partial charge in [-0.05, 0) is 5.56 Å². The van der Waals surface area contributed by atoms with Crippen molar-refractivity contribution in [2.75, 3.05) is 0 Å². The molecular formula is C10H10ClN3. The van der Waals surface area contributed by atoms with Crippen LogP contribution in [0.3, 0.4) is 0 Å². The maximum absolute atomic E-state index is 5.72. The summed E-state index contributed by atoms with van der Waals surface area (Å²) in [4.78, 5) is 4.05. The second kappa shape index (κ2) is 4.24. The molecular weight excluding hydrogens is 198 g/mol. The summed E-state index contributed by atoms with van der Waals surface area (Å²) in [6, 6.07) is 10.1. The van der Waals surface area contributed by atoms with Crippen LogP contribution >= 0.6 is 11.6 Å². The molecule has 0 radical (unpaired) electrons. The summed E-state index contributed by atoms with van der Waals surface area (Å²) < 4.78 is 1.81. The number of alkyl halides is 1. The van der Waals surface area contributed by atoms with Crippen LogP contribution in [-0.2, 0) is 12.4 Å². The van der Waals surface area contributed by atoms with E-state index in [1.807, 2.05) is 22.9 Å². The van der Waals surface area contributed by atoms with Crippen LogP contribution in [0.15, 0.2) is 36.7 Å². The van der Waals surface area contributed by atoms with Gasteiger partial charge in [-0.3, -0.25) is 0 Å². The highest BCUT2D eigenvalue weighted by atomic mass is 35.5. The van der Waals surface area contributed by atoms with Crippen LogP contribution in [0.4, 0.5) is 0 Å². The number of benzene rings is 1. The quantitative estimate of drug-likeness (QED) is 0.722. The predicted molar refractivity (Wildman–Crippen MR) is 55.1 cm³/mol. The van der Waals surface area contributed by atoms with Crippen LogP contribution in [0.1, 0.15) is 11.4 Å². The molecule has 0 bridgehead atoms. The maximum atomic E-state index is 5.72. The lowest BCUT2D eigenvalue weighted by molar-refractivity contribution is 0.656.